The van der Waals surface area contributed by atoms with Crippen molar-refractivity contribution in [3.05, 3.63) is 0 Å². The van der Waals surface area contributed by atoms with Crippen molar-refractivity contribution in [1.29, 1.82) is 0 Å². The normalized spacial score (nSPS) is 16.1. The van der Waals surface area contributed by atoms with Crippen LogP contribution >= 0.6 is 0 Å². The molecule has 0 aromatic heterocycles. The summed E-state index contributed by atoms with van der Waals surface area (Å²) in [6.07, 6.45) is 7.10. The Morgan fingerprint density at radius 1 is 1.00 bits per heavy atom. The summed E-state index contributed by atoms with van der Waals surface area (Å²) in [4.78, 5) is 0. The summed E-state index contributed by atoms with van der Waals surface area (Å²) in [6, 6.07) is 0. The number of hydrogen-bond donors (Lipinski definition) is 1. The predicted octanol–water partition coefficient (Wildman–Crippen LogP) is 4.23. The molecule has 1 N–H and O–H groups in total. The molecule has 0 aromatic rings. The van der Waals surface area contributed by atoms with Gasteiger partial charge < -0.3 is 5.32 Å². The molecular weight excluding hydrogens is 170 g/mol. The number of piperidine rings is 1. The maximum atomic E-state index is 3.39. The van der Waals surface area contributed by atoms with E-state index in [-0.39, 0.29) is 0 Å². The quantitative estimate of drug-likeness (QED) is 0.720. The first-order valence-corrected chi connectivity index (χ1v) is 6.64. The minimum Gasteiger partial charge on any atom is -0.317 e. The van der Waals surface area contributed by atoms with Crippen LogP contribution in [0.3, 0.4) is 0 Å². The summed E-state index contributed by atoms with van der Waals surface area (Å²) < 4.78 is 0. The highest BCUT2D eigenvalue weighted by Gasteiger charge is 2.11. The molecule has 0 aliphatic carbocycles. The zero-order chi connectivity index (χ0) is 11.2. The van der Waals surface area contributed by atoms with E-state index >= 15 is 0 Å². The van der Waals surface area contributed by atoms with Gasteiger partial charge in [0.05, 0.1) is 0 Å². The van der Waals surface area contributed by atoms with Crippen molar-refractivity contribution >= 4 is 0 Å². The van der Waals surface area contributed by atoms with Crippen LogP contribution in [0.25, 0.3) is 0 Å². The fourth-order valence-corrected chi connectivity index (χ4v) is 1.66. The Balaban J connectivity index is 0. The van der Waals surface area contributed by atoms with E-state index in [1.165, 1.54) is 45.2 Å². The van der Waals surface area contributed by atoms with Gasteiger partial charge in [-0.05, 0) is 31.8 Å². The molecule has 1 aliphatic rings. The van der Waals surface area contributed by atoms with E-state index in [2.05, 4.69) is 12.2 Å². The van der Waals surface area contributed by atoms with Gasteiger partial charge in [0.25, 0.3) is 0 Å². The van der Waals surface area contributed by atoms with Crippen molar-refractivity contribution in [1.82, 2.24) is 5.32 Å². The fourth-order valence-electron chi connectivity index (χ4n) is 1.66. The van der Waals surface area contributed by atoms with Gasteiger partial charge in [0.2, 0.25) is 0 Å². The molecule has 0 bridgehead atoms. The fraction of sp³-hybridized carbons (Fsp3) is 1.00. The Bertz CT molecular complexity index is 75.3. The van der Waals surface area contributed by atoms with Gasteiger partial charge in [-0.3, -0.25) is 0 Å². The van der Waals surface area contributed by atoms with Gasteiger partial charge in [-0.25, -0.2) is 0 Å². The van der Waals surface area contributed by atoms with Crippen LogP contribution in [0.1, 0.15) is 66.7 Å². The van der Waals surface area contributed by atoms with Crippen molar-refractivity contribution < 1.29 is 0 Å². The monoisotopic (exact) mass is 201 g/mol. The summed E-state index contributed by atoms with van der Waals surface area (Å²) in [5.74, 6) is 1.04. The molecule has 1 saturated heterocycles. The smallest absolute Gasteiger partial charge is 0.00463 e. The van der Waals surface area contributed by atoms with Gasteiger partial charge in [0.15, 0.2) is 0 Å². The van der Waals surface area contributed by atoms with Gasteiger partial charge in [-0.15, -0.1) is 0 Å². The number of nitrogens with one attached hydrogen (secondary N) is 1. The van der Waals surface area contributed by atoms with E-state index in [0.29, 0.717) is 0 Å². The highest BCUT2D eigenvalue weighted by Crippen LogP contribution is 2.17. The lowest BCUT2D eigenvalue weighted by molar-refractivity contribution is 0.346. The molecule has 1 fully saturated rings. The summed E-state index contributed by atoms with van der Waals surface area (Å²) >= 11 is 0. The second kappa shape index (κ2) is 15.4. The lowest BCUT2D eigenvalue weighted by Crippen LogP contribution is -2.27. The minimum atomic E-state index is 1.04. The molecule has 0 unspecified atom stereocenters. The van der Waals surface area contributed by atoms with Crippen LogP contribution in [0.4, 0.5) is 0 Å². The summed E-state index contributed by atoms with van der Waals surface area (Å²) in [6.45, 7) is 12.8. The second-order valence-electron chi connectivity index (χ2n) is 3.34. The molecule has 1 aliphatic heterocycles. The first kappa shape index (κ1) is 16.4. The first-order valence-electron chi connectivity index (χ1n) is 6.64. The zero-order valence-electron chi connectivity index (χ0n) is 11.0. The Kier molecular flexibility index (Phi) is 18.1. The van der Waals surface area contributed by atoms with E-state index in [1.54, 1.807) is 0 Å². The van der Waals surface area contributed by atoms with Crippen molar-refractivity contribution in [2.75, 3.05) is 13.1 Å². The average molecular weight is 201 g/mol. The molecule has 1 rings (SSSR count). The topological polar surface area (TPSA) is 12.0 Å². The Morgan fingerprint density at radius 3 is 1.93 bits per heavy atom. The molecule has 0 radical (unpaired) electrons. The minimum absolute atomic E-state index is 1.04. The Labute approximate surface area is 91.7 Å². The van der Waals surface area contributed by atoms with Crippen molar-refractivity contribution in [2.45, 2.75) is 66.7 Å². The van der Waals surface area contributed by atoms with E-state index in [4.69, 9.17) is 0 Å². The van der Waals surface area contributed by atoms with Crippen molar-refractivity contribution in [2.24, 2.45) is 5.92 Å². The average Bonchev–Trinajstić information content (AvgIpc) is 2.33. The molecule has 0 spiro atoms. The highest BCUT2D eigenvalue weighted by molar-refractivity contribution is 4.67. The third kappa shape index (κ3) is 10.0. The van der Waals surface area contributed by atoms with Crippen LogP contribution in [0, 0.1) is 5.92 Å². The van der Waals surface area contributed by atoms with E-state index in [1.807, 2.05) is 27.7 Å². The maximum absolute atomic E-state index is 3.39. The predicted molar refractivity (Wildman–Crippen MR) is 67.8 cm³/mol. The number of hydrogen-bond acceptors (Lipinski definition) is 1. The molecule has 14 heavy (non-hydrogen) atoms. The summed E-state index contributed by atoms with van der Waals surface area (Å²) in [5, 5.41) is 3.39. The largest absolute Gasteiger partial charge is 0.317 e. The molecule has 1 heteroatoms. The molecule has 0 saturated carbocycles. The first-order chi connectivity index (χ1) is 6.93. The van der Waals surface area contributed by atoms with Crippen LogP contribution in [0.2, 0.25) is 0 Å². The third-order valence-corrected chi connectivity index (χ3v) is 2.42. The van der Waals surface area contributed by atoms with Crippen LogP contribution in [0.15, 0.2) is 0 Å². The Hall–Kier alpha value is -0.0400. The van der Waals surface area contributed by atoms with Crippen LogP contribution < -0.4 is 5.32 Å². The SMILES string of the molecule is CC.CC.CCCCC1CCNCC1. The lowest BCUT2D eigenvalue weighted by Gasteiger charge is -2.21. The highest BCUT2D eigenvalue weighted by atomic mass is 14.9. The van der Waals surface area contributed by atoms with Gasteiger partial charge >= 0.3 is 0 Å². The molecular formula is C13H31N. The molecule has 0 amide bonds. The molecule has 88 valence electrons. The molecule has 0 aromatic carbocycles. The van der Waals surface area contributed by atoms with Gasteiger partial charge in [0.1, 0.15) is 0 Å². The second-order valence-corrected chi connectivity index (χ2v) is 3.34. The zero-order valence-corrected chi connectivity index (χ0v) is 11.0. The van der Waals surface area contributed by atoms with E-state index in [0.717, 1.165) is 5.92 Å². The Morgan fingerprint density at radius 2 is 1.50 bits per heavy atom. The summed E-state index contributed by atoms with van der Waals surface area (Å²) in [7, 11) is 0. The summed E-state index contributed by atoms with van der Waals surface area (Å²) in [5.41, 5.74) is 0. The van der Waals surface area contributed by atoms with Crippen LogP contribution in [-0.4, -0.2) is 13.1 Å². The number of rotatable bonds is 3. The van der Waals surface area contributed by atoms with E-state index in [9.17, 15) is 0 Å². The maximum Gasteiger partial charge on any atom is -0.00463 e. The molecule has 1 nitrogen and oxygen atoms in total. The molecule has 1 heterocycles. The standard InChI is InChI=1S/C9H19N.2C2H6/c1-2-3-4-9-5-7-10-8-6-9;2*1-2/h9-10H,2-8H2,1H3;2*1-2H3. The van der Waals surface area contributed by atoms with Gasteiger partial charge in [-0.1, -0.05) is 53.9 Å². The molecule has 0 atom stereocenters. The van der Waals surface area contributed by atoms with E-state index < -0.39 is 0 Å². The number of unbranched alkanes of at least 4 members (excludes halogenated alkanes) is 1. The third-order valence-electron chi connectivity index (χ3n) is 2.42. The lowest BCUT2D eigenvalue weighted by atomic mass is 9.93. The van der Waals surface area contributed by atoms with Crippen molar-refractivity contribution in [3.8, 4) is 0 Å². The van der Waals surface area contributed by atoms with Crippen LogP contribution in [0.5, 0.6) is 0 Å². The van der Waals surface area contributed by atoms with Crippen molar-refractivity contribution in [3.63, 3.8) is 0 Å². The van der Waals surface area contributed by atoms with Crippen LogP contribution in [-0.2, 0) is 0 Å². The van der Waals surface area contributed by atoms with Gasteiger partial charge in [0, 0.05) is 0 Å². The van der Waals surface area contributed by atoms with Gasteiger partial charge in [-0.2, -0.15) is 0 Å².